The molecule has 3 aromatic carbocycles. The Kier molecular flexibility index (Phi) is 6.81. The summed E-state index contributed by atoms with van der Waals surface area (Å²) in [6.07, 6.45) is 1.50. The molecule has 0 bridgehead atoms. The van der Waals surface area contributed by atoms with Crippen molar-refractivity contribution in [1.29, 1.82) is 5.41 Å². The smallest absolute Gasteiger partial charge is 0.321 e. The number of ether oxygens (including phenoxy) is 1. The number of nitrogens with one attached hydrogen (secondary N) is 3. The number of piperidine rings is 1. The summed E-state index contributed by atoms with van der Waals surface area (Å²) >= 11 is 0. The molecule has 190 valence electrons. The number of para-hydroxylation sites is 2. The number of methoxy groups -OCH3 is 1. The lowest BCUT2D eigenvalue weighted by Crippen LogP contribution is -2.46. The Morgan fingerprint density at radius 2 is 1.54 bits per heavy atom. The van der Waals surface area contributed by atoms with Crippen molar-refractivity contribution in [2.45, 2.75) is 18.4 Å². The summed E-state index contributed by atoms with van der Waals surface area (Å²) in [7, 11) is 1.58. The van der Waals surface area contributed by atoms with Gasteiger partial charge < -0.3 is 20.3 Å². The fourth-order valence-electron chi connectivity index (χ4n) is 5.23. The molecular formula is C29H31N5O3. The van der Waals surface area contributed by atoms with Crippen molar-refractivity contribution < 1.29 is 14.3 Å². The van der Waals surface area contributed by atoms with Gasteiger partial charge in [-0.1, -0.05) is 72.8 Å². The maximum Gasteiger partial charge on any atom is 0.321 e. The molecule has 0 atom stereocenters. The highest BCUT2D eigenvalue weighted by Gasteiger charge is 2.52. The normalized spacial score (nSPS) is 17.4. The van der Waals surface area contributed by atoms with E-state index in [9.17, 15) is 9.59 Å². The number of hydrogen-bond donors (Lipinski definition) is 3. The molecule has 8 heteroatoms. The second-order valence-electron chi connectivity index (χ2n) is 9.43. The number of carbonyl (C=O) groups excluding carboxylic acids is 2. The first kappa shape index (κ1) is 24.4. The van der Waals surface area contributed by atoms with Crippen LogP contribution in [0.1, 0.15) is 24.0 Å². The number of amides is 3. The molecule has 0 radical (unpaired) electrons. The molecule has 37 heavy (non-hydrogen) atoms. The second kappa shape index (κ2) is 10.3. The van der Waals surface area contributed by atoms with E-state index in [1.807, 2.05) is 84.9 Å². The van der Waals surface area contributed by atoms with Gasteiger partial charge in [-0.15, -0.1) is 0 Å². The molecule has 2 aliphatic rings. The number of benzene rings is 3. The zero-order chi connectivity index (χ0) is 25.8. The molecule has 3 N–H and O–H groups in total. The van der Waals surface area contributed by atoms with Crippen LogP contribution in [-0.2, 0) is 10.3 Å². The number of guanidine groups is 1. The lowest BCUT2D eigenvalue weighted by molar-refractivity contribution is -0.130. The maximum atomic E-state index is 14.0. The van der Waals surface area contributed by atoms with E-state index in [1.54, 1.807) is 16.9 Å². The molecule has 0 aliphatic carbocycles. The number of likely N-dealkylation sites (tertiary alicyclic amines) is 1. The third-order valence-electron chi connectivity index (χ3n) is 7.25. The molecule has 5 rings (SSSR count). The largest absolute Gasteiger partial charge is 0.495 e. The maximum absolute atomic E-state index is 14.0. The number of anilines is 1. The van der Waals surface area contributed by atoms with Gasteiger partial charge in [0.2, 0.25) is 0 Å². The molecule has 3 amide bonds. The van der Waals surface area contributed by atoms with Crippen LogP contribution in [0.25, 0.3) is 0 Å². The van der Waals surface area contributed by atoms with E-state index in [2.05, 4.69) is 10.6 Å². The Bertz CT molecular complexity index is 1230. The second-order valence-corrected chi connectivity index (χ2v) is 9.43. The highest BCUT2D eigenvalue weighted by Crippen LogP contribution is 2.36. The zero-order valence-electron chi connectivity index (χ0n) is 20.8. The van der Waals surface area contributed by atoms with E-state index < -0.39 is 5.54 Å². The Balaban J connectivity index is 1.27. The first-order valence-corrected chi connectivity index (χ1v) is 12.5. The van der Waals surface area contributed by atoms with Gasteiger partial charge in [0.05, 0.1) is 12.8 Å². The lowest BCUT2D eigenvalue weighted by atomic mass is 9.82. The van der Waals surface area contributed by atoms with Gasteiger partial charge in [-0.05, 0) is 42.0 Å². The van der Waals surface area contributed by atoms with E-state index in [4.69, 9.17) is 10.1 Å². The summed E-state index contributed by atoms with van der Waals surface area (Å²) < 4.78 is 5.33. The van der Waals surface area contributed by atoms with E-state index in [1.165, 1.54) is 0 Å². The Morgan fingerprint density at radius 3 is 2.14 bits per heavy atom. The standard InChI is InChI=1S/C29H31N5O3/c1-37-25-15-9-8-14-24(25)31-28(36)33-18-16-21(17-19-33)20-34-26(35)29(32-27(34)30,22-10-4-2-5-11-22)23-12-6-3-7-13-23/h2-15,21H,16-20H2,1H3,(H2,30,32)(H,31,36). The van der Waals surface area contributed by atoms with Crippen molar-refractivity contribution in [2.24, 2.45) is 5.92 Å². The molecule has 0 saturated carbocycles. The van der Waals surface area contributed by atoms with Crippen LogP contribution in [0.2, 0.25) is 0 Å². The predicted molar refractivity (Wildman–Crippen MR) is 143 cm³/mol. The van der Waals surface area contributed by atoms with Crippen LogP contribution in [0.3, 0.4) is 0 Å². The summed E-state index contributed by atoms with van der Waals surface area (Å²) in [6, 6.07) is 26.3. The summed E-state index contributed by atoms with van der Waals surface area (Å²) in [5, 5.41) is 14.8. The van der Waals surface area contributed by atoms with E-state index in [0.29, 0.717) is 31.1 Å². The Morgan fingerprint density at radius 1 is 0.973 bits per heavy atom. The van der Waals surface area contributed by atoms with Gasteiger partial charge in [0, 0.05) is 19.6 Å². The van der Waals surface area contributed by atoms with Crippen LogP contribution in [0.15, 0.2) is 84.9 Å². The third kappa shape index (κ3) is 4.62. The average Bonchev–Trinajstić information content (AvgIpc) is 3.20. The first-order valence-electron chi connectivity index (χ1n) is 12.5. The number of hydrogen-bond acceptors (Lipinski definition) is 4. The van der Waals surface area contributed by atoms with E-state index in [0.717, 1.165) is 24.0 Å². The van der Waals surface area contributed by atoms with Crippen LogP contribution >= 0.6 is 0 Å². The molecule has 0 aromatic heterocycles. The summed E-state index contributed by atoms with van der Waals surface area (Å²) in [5.41, 5.74) is 1.12. The minimum Gasteiger partial charge on any atom is -0.495 e. The highest BCUT2D eigenvalue weighted by atomic mass is 16.5. The quantitative estimate of drug-likeness (QED) is 0.474. The van der Waals surface area contributed by atoms with Crippen LogP contribution < -0.4 is 15.4 Å². The first-order chi connectivity index (χ1) is 18.0. The van der Waals surface area contributed by atoms with Gasteiger partial charge in [0.25, 0.3) is 5.91 Å². The van der Waals surface area contributed by atoms with Crippen molar-refractivity contribution >= 4 is 23.6 Å². The van der Waals surface area contributed by atoms with E-state index in [-0.39, 0.29) is 23.8 Å². The van der Waals surface area contributed by atoms with Gasteiger partial charge >= 0.3 is 6.03 Å². The van der Waals surface area contributed by atoms with Gasteiger partial charge in [-0.25, -0.2) is 4.79 Å². The number of nitrogens with zero attached hydrogens (tertiary/aromatic N) is 2. The SMILES string of the molecule is COc1ccccc1NC(=O)N1CCC(CN2C(=N)NC(c3ccccc3)(c3ccccc3)C2=O)CC1. The number of urea groups is 1. The topological polar surface area (TPSA) is 97.8 Å². The predicted octanol–water partition coefficient (Wildman–Crippen LogP) is 4.25. The minimum absolute atomic E-state index is 0.106. The van der Waals surface area contributed by atoms with Crippen molar-refractivity contribution in [3.63, 3.8) is 0 Å². The minimum atomic E-state index is -1.13. The Hall–Kier alpha value is -4.33. The molecule has 2 aliphatic heterocycles. The molecular weight excluding hydrogens is 466 g/mol. The van der Waals surface area contributed by atoms with Gasteiger partial charge in [-0.3, -0.25) is 15.1 Å². The molecule has 2 fully saturated rings. The summed E-state index contributed by atoms with van der Waals surface area (Å²) in [5.74, 6) is 0.758. The number of rotatable bonds is 6. The van der Waals surface area contributed by atoms with Crippen molar-refractivity contribution in [3.05, 3.63) is 96.1 Å². The van der Waals surface area contributed by atoms with Crippen molar-refractivity contribution in [3.8, 4) is 5.75 Å². The molecule has 0 unspecified atom stereocenters. The molecule has 2 saturated heterocycles. The van der Waals surface area contributed by atoms with E-state index >= 15 is 0 Å². The van der Waals surface area contributed by atoms with Crippen LogP contribution in [0.4, 0.5) is 10.5 Å². The monoisotopic (exact) mass is 497 g/mol. The fraction of sp³-hybridized carbons (Fsp3) is 0.276. The molecule has 3 aromatic rings. The number of carbonyl (C=O) groups is 2. The average molecular weight is 498 g/mol. The van der Waals surface area contributed by atoms with Crippen LogP contribution in [0, 0.1) is 11.3 Å². The van der Waals surface area contributed by atoms with Gasteiger partial charge in [0.1, 0.15) is 5.75 Å². The fourth-order valence-corrected chi connectivity index (χ4v) is 5.23. The third-order valence-corrected chi connectivity index (χ3v) is 7.25. The Labute approximate surface area is 216 Å². The highest BCUT2D eigenvalue weighted by molar-refractivity contribution is 6.10. The zero-order valence-corrected chi connectivity index (χ0v) is 20.8. The van der Waals surface area contributed by atoms with Crippen LogP contribution in [0.5, 0.6) is 5.75 Å². The van der Waals surface area contributed by atoms with Crippen molar-refractivity contribution in [1.82, 2.24) is 15.1 Å². The van der Waals surface area contributed by atoms with Crippen molar-refractivity contribution in [2.75, 3.05) is 32.1 Å². The molecule has 8 nitrogen and oxygen atoms in total. The molecule has 2 heterocycles. The van der Waals surface area contributed by atoms with Gasteiger partial charge in [-0.2, -0.15) is 0 Å². The summed E-state index contributed by atoms with van der Waals surface area (Å²) in [4.78, 5) is 30.2. The molecule has 0 spiro atoms. The van der Waals surface area contributed by atoms with Crippen LogP contribution in [-0.4, -0.2) is 54.4 Å². The summed E-state index contributed by atoms with van der Waals surface area (Å²) in [6.45, 7) is 1.60. The van der Waals surface area contributed by atoms with Gasteiger partial charge in [0.15, 0.2) is 11.5 Å². The lowest BCUT2D eigenvalue weighted by Gasteiger charge is -2.34.